The van der Waals surface area contributed by atoms with Crippen LogP contribution in [-0.2, 0) is 20.8 Å². The van der Waals surface area contributed by atoms with E-state index in [4.69, 9.17) is 4.74 Å². The number of rotatable bonds is 10. The van der Waals surface area contributed by atoms with Crippen LogP contribution in [0.25, 0.3) is 0 Å². The van der Waals surface area contributed by atoms with Gasteiger partial charge < -0.3 is 24.7 Å². The molecule has 2 N–H and O–H groups in total. The van der Waals surface area contributed by atoms with Crippen molar-refractivity contribution in [3.05, 3.63) is 72.8 Å². The van der Waals surface area contributed by atoms with Gasteiger partial charge in [-0.25, -0.2) is 0 Å². The number of fused-ring (bicyclic) bond motifs is 1. The number of amides is 2. The number of likely N-dealkylation sites (tertiary alicyclic amines) is 1. The summed E-state index contributed by atoms with van der Waals surface area (Å²) < 4.78 is 4.34. The number of ether oxygens (including phenoxy) is 1. The molecule has 0 aromatic heterocycles. The number of halogens is 1. The van der Waals surface area contributed by atoms with E-state index in [-0.39, 0.29) is 35.0 Å². The Balaban J connectivity index is 1.61. The number of aliphatic carboxylic acids is 1. The minimum absolute atomic E-state index is 0.154. The monoisotopic (exact) mass is 614 g/mol. The minimum atomic E-state index is -1.04. The zero-order valence-corrected chi connectivity index (χ0v) is 23.9. The summed E-state index contributed by atoms with van der Waals surface area (Å²) in [7, 11) is 1.56. The van der Waals surface area contributed by atoms with Gasteiger partial charge in [0, 0.05) is 22.3 Å². The predicted molar refractivity (Wildman–Crippen MR) is 153 cm³/mol. The van der Waals surface area contributed by atoms with Gasteiger partial charge >= 0.3 is 5.97 Å². The lowest BCUT2D eigenvalue weighted by Gasteiger charge is -2.40. The molecule has 3 unspecified atom stereocenters. The minimum Gasteiger partial charge on any atom is -0.497 e. The van der Waals surface area contributed by atoms with Crippen molar-refractivity contribution >= 4 is 51.2 Å². The van der Waals surface area contributed by atoms with Crippen molar-refractivity contribution < 1.29 is 29.3 Å². The molecule has 2 amide bonds. The van der Waals surface area contributed by atoms with E-state index < -0.39 is 34.6 Å². The second-order valence-corrected chi connectivity index (χ2v) is 12.9. The molecule has 206 valence electrons. The first-order valence-electron chi connectivity index (χ1n) is 12.8. The number of thioether (sulfide) groups is 1. The van der Waals surface area contributed by atoms with Crippen LogP contribution in [0.2, 0.25) is 0 Å². The first-order chi connectivity index (χ1) is 18.8. The van der Waals surface area contributed by atoms with E-state index in [1.807, 2.05) is 30.3 Å². The molecule has 10 heteroatoms. The van der Waals surface area contributed by atoms with Crippen LogP contribution >= 0.6 is 27.7 Å². The summed E-state index contributed by atoms with van der Waals surface area (Å²) in [4.78, 5) is 44.2. The third-order valence-electron chi connectivity index (χ3n) is 8.13. The SMILES string of the molecule is C=CCN(C(=O)C1N([C@@H](CO)Cc2ccccc2)C(=O)[C@@H]2[C@H](C(=O)O)[C@H]3SC12CC3Br)c1ccc(OC)cc1. The average molecular weight is 616 g/mol. The Morgan fingerprint density at radius 1 is 1.26 bits per heavy atom. The lowest BCUT2D eigenvalue weighted by Crippen LogP contribution is -2.58. The van der Waals surface area contributed by atoms with Crippen LogP contribution in [0.3, 0.4) is 0 Å². The van der Waals surface area contributed by atoms with Crippen molar-refractivity contribution in [2.75, 3.05) is 25.2 Å². The van der Waals surface area contributed by atoms with Gasteiger partial charge in [0.25, 0.3) is 5.91 Å². The standard InChI is InChI=1S/C29H31BrN2O6S/c1-3-13-31(18-9-11-20(38-2)12-10-18)27(35)25-29-15-21(30)24(39-29)22(28(36)37)23(29)26(34)32(25)19(16-33)14-17-7-5-4-6-8-17/h3-12,19,21-25,33H,1,13-16H2,2H3,(H,36,37)/t19-,21?,22+,23+,24+,25?,29?/m1/s1. The molecule has 3 saturated heterocycles. The highest BCUT2D eigenvalue weighted by Crippen LogP contribution is 2.68. The molecule has 0 radical (unpaired) electrons. The fourth-order valence-electron chi connectivity index (χ4n) is 6.52. The van der Waals surface area contributed by atoms with Crippen LogP contribution < -0.4 is 9.64 Å². The van der Waals surface area contributed by atoms with Crippen molar-refractivity contribution in [2.45, 2.75) is 39.7 Å². The van der Waals surface area contributed by atoms with Crippen molar-refractivity contribution in [1.29, 1.82) is 0 Å². The average Bonchev–Trinajstić information content (AvgIpc) is 3.54. The quantitative estimate of drug-likeness (QED) is 0.312. The van der Waals surface area contributed by atoms with E-state index in [0.717, 1.165) is 5.56 Å². The zero-order chi connectivity index (χ0) is 27.9. The van der Waals surface area contributed by atoms with Crippen LogP contribution in [0.15, 0.2) is 67.3 Å². The van der Waals surface area contributed by atoms with Crippen molar-refractivity contribution in [2.24, 2.45) is 11.8 Å². The van der Waals surface area contributed by atoms with E-state index >= 15 is 0 Å². The molecule has 3 fully saturated rings. The molecule has 8 nitrogen and oxygen atoms in total. The lowest BCUT2D eigenvalue weighted by atomic mass is 9.71. The maximum absolute atomic E-state index is 14.6. The topological polar surface area (TPSA) is 107 Å². The number of carboxylic acid groups (broad SMARTS) is 1. The van der Waals surface area contributed by atoms with Crippen LogP contribution in [0.1, 0.15) is 12.0 Å². The maximum atomic E-state index is 14.6. The molecule has 3 aliphatic heterocycles. The Labute approximate surface area is 240 Å². The highest BCUT2D eigenvalue weighted by atomic mass is 79.9. The van der Waals surface area contributed by atoms with E-state index in [1.54, 1.807) is 42.4 Å². The van der Waals surface area contributed by atoms with Crippen LogP contribution in [-0.4, -0.2) is 80.1 Å². The summed E-state index contributed by atoms with van der Waals surface area (Å²) in [5.74, 6) is -2.88. The summed E-state index contributed by atoms with van der Waals surface area (Å²) in [6, 6.07) is 14.9. The van der Waals surface area contributed by atoms with E-state index in [9.17, 15) is 24.6 Å². The predicted octanol–water partition coefficient (Wildman–Crippen LogP) is 3.37. The Morgan fingerprint density at radius 2 is 1.95 bits per heavy atom. The summed E-state index contributed by atoms with van der Waals surface area (Å²) >= 11 is 5.11. The van der Waals surface area contributed by atoms with Gasteiger partial charge in [-0.15, -0.1) is 18.3 Å². The van der Waals surface area contributed by atoms with E-state index in [1.165, 1.54) is 16.7 Å². The molecule has 3 heterocycles. The second kappa shape index (κ2) is 11.0. The second-order valence-electron chi connectivity index (χ2n) is 10.2. The number of hydrogen-bond donors (Lipinski definition) is 2. The maximum Gasteiger partial charge on any atom is 0.308 e. The summed E-state index contributed by atoms with van der Waals surface area (Å²) in [5.41, 5.74) is 1.52. The van der Waals surface area contributed by atoms with Gasteiger partial charge in [0.2, 0.25) is 5.91 Å². The number of carbonyl (C=O) groups excluding carboxylic acids is 2. The summed E-state index contributed by atoms with van der Waals surface area (Å²) in [6.07, 6.45) is 2.44. The zero-order valence-electron chi connectivity index (χ0n) is 21.5. The largest absolute Gasteiger partial charge is 0.497 e. The number of aliphatic hydroxyl groups is 1. The number of carboxylic acids is 1. The normalized spacial score (nSPS) is 29.7. The van der Waals surface area contributed by atoms with Gasteiger partial charge in [0.05, 0.1) is 36.3 Å². The molecule has 3 aliphatic rings. The number of anilines is 1. The van der Waals surface area contributed by atoms with Gasteiger partial charge in [-0.1, -0.05) is 52.3 Å². The number of nitrogens with zero attached hydrogens (tertiary/aromatic N) is 2. The third-order valence-corrected chi connectivity index (χ3v) is 11.3. The first kappa shape index (κ1) is 27.7. The number of hydrogen-bond acceptors (Lipinski definition) is 6. The molecular weight excluding hydrogens is 584 g/mol. The molecule has 5 rings (SSSR count). The smallest absolute Gasteiger partial charge is 0.308 e. The molecule has 2 aromatic carbocycles. The van der Waals surface area contributed by atoms with Crippen LogP contribution in [0.5, 0.6) is 5.75 Å². The molecule has 1 spiro atoms. The van der Waals surface area contributed by atoms with Gasteiger partial charge in [-0.3, -0.25) is 14.4 Å². The van der Waals surface area contributed by atoms with Crippen LogP contribution in [0.4, 0.5) is 5.69 Å². The fraction of sp³-hybridized carbons (Fsp3) is 0.414. The molecular formula is C29H31BrN2O6S. The van der Waals surface area contributed by atoms with Crippen LogP contribution in [0, 0.1) is 11.8 Å². The Bertz CT molecular complexity index is 1260. The fourth-order valence-corrected chi connectivity index (χ4v) is 10.1. The molecule has 2 bridgehead atoms. The summed E-state index contributed by atoms with van der Waals surface area (Å²) in [5, 5.41) is 20.4. The van der Waals surface area contributed by atoms with Gasteiger partial charge in [0.1, 0.15) is 11.8 Å². The molecule has 2 aromatic rings. The lowest BCUT2D eigenvalue weighted by molar-refractivity contribution is -0.149. The number of benzene rings is 2. The van der Waals surface area contributed by atoms with Crippen molar-refractivity contribution in [1.82, 2.24) is 4.90 Å². The molecule has 7 atom stereocenters. The van der Waals surface area contributed by atoms with E-state index in [2.05, 4.69) is 22.5 Å². The molecule has 39 heavy (non-hydrogen) atoms. The molecule has 0 aliphatic carbocycles. The molecule has 0 saturated carbocycles. The summed E-state index contributed by atoms with van der Waals surface area (Å²) in [6.45, 7) is 3.68. The third kappa shape index (κ3) is 4.56. The number of alkyl halides is 1. The number of carbonyl (C=O) groups is 3. The van der Waals surface area contributed by atoms with Crippen molar-refractivity contribution in [3.8, 4) is 5.75 Å². The number of aliphatic hydroxyl groups excluding tert-OH is 1. The Kier molecular flexibility index (Phi) is 7.81. The van der Waals surface area contributed by atoms with Gasteiger partial charge in [0.15, 0.2) is 0 Å². The Morgan fingerprint density at radius 3 is 2.54 bits per heavy atom. The number of methoxy groups -OCH3 is 1. The van der Waals surface area contributed by atoms with Crippen molar-refractivity contribution in [3.63, 3.8) is 0 Å². The highest BCUT2D eigenvalue weighted by molar-refractivity contribution is 9.09. The first-order valence-corrected chi connectivity index (χ1v) is 14.6. The van der Waals surface area contributed by atoms with Gasteiger partial charge in [-0.05, 0) is 42.7 Å². The Hall–Kier alpha value is -2.82. The highest BCUT2D eigenvalue weighted by Gasteiger charge is 2.76. The van der Waals surface area contributed by atoms with Gasteiger partial charge in [-0.2, -0.15) is 0 Å². The van der Waals surface area contributed by atoms with E-state index in [0.29, 0.717) is 24.3 Å².